The molecule has 0 radical (unpaired) electrons. The van der Waals surface area contributed by atoms with Gasteiger partial charge in [-0.15, -0.1) is 0 Å². The van der Waals surface area contributed by atoms with Crippen molar-refractivity contribution in [3.63, 3.8) is 0 Å². The Kier molecular flexibility index (Phi) is 6.69. The first-order valence-electron chi connectivity index (χ1n) is 11.1. The van der Waals surface area contributed by atoms with Crippen molar-refractivity contribution in [1.82, 2.24) is 24.1 Å². The molecule has 180 valence electrons. The highest BCUT2D eigenvalue weighted by atomic mass is 32.2. The lowest BCUT2D eigenvalue weighted by atomic mass is 10.1. The number of carbonyl (C=O) groups excluding carboxylic acids is 2. The van der Waals surface area contributed by atoms with Gasteiger partial charge in [0.25, 0.3) is 5.91 Å². The van der Waals surface area contributed by atoms with Crippen LogP contribution in [0.3, 0.4) is 0 Å². The maximum atomic E-state index is 13.1. The molecule has 0 saturated carbocycles. The summed E-state index contributed by atoms with van der Waals surface area (Å²) in [6, 6.07) is 9.63. The van der Waals surface area contributed by atoms with Gasteiger partial charge >= 0.3 is 0 Å². The summed E-state index contributed by atoms with van der Waals surface area (Å²) in [5.41, 5.74) is 2.62. The third-order valence-corrected chi connectivity index (χ3v) is 7.77. The number of fused-ring (bicyclic) bond motifs is 1. The Balaban J connectivity index is 1.54. The van der Waals surface area contributed by atoms with Crippen molar-refractivity contribution in [2.75, 3.05) is 31.6 Å². The predicted molar refractivity (Wildman–Crippen MR) is 128 cm³/mol. The maximum Gasteiger partial charge on any atom is 0.257 e. The summed E-state index contributed by atoms with van der Waals surface area (Å²) in [6.45, 7) is 6.89. The summed E-state index contributed by atoms with van der Waals surface area (Å²) in [6.07, 6.45) is 3.35. The Labute approximate surface area is 198 Å². The normalized spacial score (nSPS) is 16.6. The van der Waals surface area contributed by atoms with Gasteiger partial charge in [-0.2, -0.15) is 9.40 Å². The quantitative estimate of drug-likeness (QED) is 0.530. The molecule has 0 spiro atoms. The van der Waals surface area contributed by atoms with Crippen molar-refractivity contribution in [3.05, 3.63) is 59.9 Å². The standard InChI is InChI=1S/C23H28N6O4S/c1-4-27(5-2)23(31)20-13-25-29-11-10-17(12-22(20)29)21-14-28(15-24-21)34(32,33)19-8-6-18(7-9-19)26-16(3)30/h6-13,21,24H,4-5,14-15H2,1-3H3,(H,26,30). The largest absolute Gasteiger partial charge is 0.339 e. The second-order valence-corrected chi connectivity index (χ2v) is 10.0. The molecule has 1 unspecified atom stereocenters. The van der Waals surface area contributed by atoms with E-state index in [4.69, 9.17) is 0 Å². The lowest BCUT2D eigenvalue weighted by Gasteiger charge is -2.18. The number of carbonyl (C=O) groups is 2. The fourth-order valence-corrected chi connectivity index (χ4v) is 5.44. The number of nitrogens with zero attached hydrogens (tertiary/aromatic N) is 4. The van der Waals surface area contributed by atoms with Gasteiger partial charge in [0.1, 0.15) is 0 Å². The summed E-state index contributed by atoms with van der Waals surface area (Å²) < 4.78 is 29.3. The molecule has 2 amide bonds. The Morgan fingerprint density at radius 1 is 1.18 bits per heavy atom. The number of amides is 2. The first-order chi connectivity index (χ1) is 16.2. The van der Waals surface area contributed by atoms with Gasteiger partial charge in [-0.3, -0.25) is 14.9 Å². The molecule has 3 heterocycles. The van der Waals surface area contributed by atoms with Crippen LogP contribution in [0.15, 0.2) is 53.7 Å². The minimum atomic E-state index is -3.72. The predicted octanol–water partition coefficient (Wildman–Crippen LogP) is 2.07. The fraction of sp³-hybridized carbons (Fsp3) is 0.348. The smallest absolute Gasteiger partial charge is 0.257 e. The van der Waals surface area contributed by atoms with E-state index in [1.807, 2.05) is 26.0 Å². The number of aromatic nitrogens is 2. The number of anilines is 1. The van der Waals surface area contributed by atoms with Crippen LogP contribution in [-0.4, -0.2) is 65.4 Å². The van der Waals surface area contributed by atoms with Crippen molar-refractivity contribution in [1.29, 1.82) is 0 Å². The summed E-state index contributed by atoms with van der Waals surface area (Å²) in [4.78, 5) is 26.0. The zero-order valence-corrected chi connectivity index (χ0v) is 20.2. The molecule has 0 aliphatic carbocycles. The molecule has 4 rings (SSSR count). The maximum absolute atomic E-state index is 13.1. The number of hydrogen-bond acceptors (Lipinski definition) is 6. The number of nitrogens with one attached hydrogen (secondary N) is 2. The molecule has 34 heavy (non-hydrogen) atoms. The van der Waals surface area contributed by atoms with Crippen LogP contribution in [0.4, 0.5) is 5.69 Å². The average molecular weight is 485 g/mol. The second-order valence-electron chi connectivity index (χ2n) is 8.09. The van der Waals surface area contributed by atoms with Crippen molar-refractivity contribution in [2.24, 2.45) is 0 Å². The van der Waals surface area contributed by atoms with E-state index >= 15 is 0 Å². The van der Waals surface area contributed by atoms with Gasteiger partial charge in [-0.25, -0.2) is 12.9 Å². The number of rotatable bonds is 7. The average Bonchev–Trinajstić information content (AvgIpc) is 3.47. The summed E-state index contributed by atoms with van der Waals surface area (Å²) in [7, 11) is -3.72. The van der Waals surface area contributed by atoms with E-state index in [0.29, 0.717) is 29.9 Å². The van der Waals surface area contributed by atoms with Crippen LogP contribution in [0.5, 0.6) is 0 Å². The summed E-state index contributed by atoms with van der Waals surface area (Å²) in [5, 5.41) is 10.2. The third kappa shape index (κ3) is 4.54. The molecule has 2 N–H and O–H groups in total. The minimum Gasteiger partial charge on any atom is -0.339 e. The molecule has 2 aromatic heterocycles. The first kappa shape index (κ1) is 23.9. The van der Waals surface area contributed by atoms with Crippen LogP contribution < -0.4 is 10.6 Å². The molecule has 11 heteroatoms. The van der Waals surface area contributed by atoms with Gasteiger partial charge in [0.05, 0.1) is 28.8 Å². The van der Waals surface area contributed by atoms with E-state index in [2.05, 4.69) is 15.7 Å². The number of sulfonamides is 1. The Morgan fingerprint density at radius 3 is 2.53 bits per heavy atom. The molecule has 1 saturated heterocycles. The van der Waals surface area contributed by atoms with Gasteiger partial charge in [0.15, 0.2) is 0 Å². The van der Waals surface area contributed by atoms with E-state index in [1.165, 1.54) is 23.4 Å². The van der Waals surface area contributed by atoms with Crippen LogP contribution in [0.1, 0.15) is 42.7 Å². The second kappa shape index (κ2) is 9.53. The molecule has 0 bridgehead atoms. The number of hydrogen-bond donors (Lipinski definition) is 2. The Hall–Kier alpha value is -3.28. The van der Waals surface area contributed by atoms with E-state index in [-0.39, 0.29) is 36.0 Å². The highest BCUT2D eigenvalue weighted by Crippen LogP contribution is 2.27. The number of benzene rings is 1. The van der Waals surface area contributed by atoms with Gasteiger partial charge in [-0.1, -0.05) is 0 Å². The van der Waals surface area contributed by atoms with Crippen LogP contribution in [0.25, 0.3) is 5.52 Å². The Morgan fingerprint density at radius 2 is 1.88 bits per heavy atom. The molecule has 1 aromatic carbocycles. The fourth-order valence-electron chi connectivity index (χ4n) is 4.07. The van der Waals surface area contributed by atoms with Gasteiger partial charge in [0.2, 0.25) is 15.9 Å². The van der Waals surface area contributed by atoms with Crippen LogP contribution in [-0.2, 0) is 14.8 Å². The molecule has 1 atom stereocenters. The first-order valence-corrected chi connectivity index (χ1v) is 12.6. The summed E-state index contributed by atoms with van der Waals surface area (Å²) >= 11 is 0. The topological polar surface area (TPSA) is 116 Å². The van der Waals surface area contributed by atoms with Crippen molar-refractivity contribution in [3.8, 4) is 0 Å². The van der Waals surface area contributed by atoms with Crippen molar-refractivity contribution < 1.29 is 18.0 Å². The molecular formula is C23H28N6O4S. The lowest BCUT2D eigenvalue weighted by molar-refractivity contribution is -0.114. The van der Waals surface area contributed by atoms with Crippen LogP contribution >= 0.6 is 0 Å². The third-order valence-electron chi connectivity index (χ3n) is 5.94. The highest BCUT2D eigenvalue weighted by Gasteiger charge is 2.33. The number of pyridine rings is 1. The molecular weight excluding hydrogens is 456 g/mol. The van der Waals surface area contributed by atoms with E-state index < -0.39 is 10.0 Å². The molecule has 1 fully saturated rings. The Bertz CT molecular complexity index is 1310. The van der Waals surface area contributed by atoms with Gasteiger partial charge in [-0.05, 0) is 55.8 Å². The van der Waals surface area contributed by atoms with E-state index in [1.54, 1.807) is 33.9 Å². The minimum absolute atomic E-state index is 0.0801. The van der Waals surface area contributed by atoms with Crippen LogP contribution in [0, 0.1) is 0 Å². The SMILES string of the molecule is CCN(CC)C(=O)c1cnn2ccc(C3CN(S(=O)(=O)c4ccc(NC(C)=O)cc4)CN3)cc12. The highest BCUT2D eigenvalue weighted by molar-refractivity contribution is 7.89. The molecule has 1 aliphatic heterocycles. The lowest BCUT2D eigenvalue weighted by Crippen LogP contribution is -2.30. The van der Waals surface area contributed by atoms with Gasteiger partial charge < -0.3 is 10.2 Å². The zero-order chi connectivity index (χ0) is 24.5. The summed E-state index contributed by atoms with van der Waals surface area (Å²) in [5.74, 6) is -0.303. The molecule has 1 aliphatic rings. The van der Waals surface area contributed by atoms with Crippen LogP contribution in [0.2, 0.25) is 0 Å². The zero-order valence-electron chi connectivity index (χ0n) is 19.4. The van der Waals surface area contributed by atoms with E-state index in [9.17, 15) is 18.0 Å². The molecule has 10 nitrogen and oxygen atoms in total. The van der Waals surface area contributed by atoms with E-state index in [0.717, 1.165) is 5.56 Å². The molecule has 3 aromatic rings. The van der Waals surface area contributed by atoms with Gasteiger partial charge in [0, 0.05) is 44.5 Å². The monoisotopic (exact) mass is 484 g/mol. The van der Waals surface area contributed by atoms with Crippen molar-refractivity contribution >= 4 is 33.0 Å². The van der Waals surface area contributed by atoms with Crippen molar-refractivity contribution in [2.45, 2.75) is 31.7 Å².